The molecule has 152 valence electrons. The van der Waals surface area contributed by atoms with Crippen LogP contribution >= 0.6 is 0 Å². The molecule has 29 heavy (non-hydrogen) atoms. The quantitative estimate of drug-likeness (QED) is 0.650. The fourth-order valence-electron chi connectivity index (χ4n) is 3.79. The summed E-state index contributed by atoms with van der Waals surface area (Å²) in [5, 5.41) is 8.67. The lowest BCUT2D eigenvalue weighted by atomic mass is 9.91. The highest BCUT2D eigenvalue weighted by atomic mass is 19.1. The van der Waals surface area contributed by atoms with E-state index in [2.05, 4.69) is 16.0 Å². The molecule has 0 saturated heterocycles. The van der Waals surface area contributed by atoms with Crippen molar-refractivity contribution in [2.24, 2.45) is 0 Å². The number of benzene rings is 2. The number of fused-ring (bicyclic) bond motifs is 2. The van der Waals surface area contributed by atoms with Gasteiger partial charge in [-0.15, -0.1) is 0 Å². The van der Waals surface area contributed by atoms with Gasteiger partial charge in [0.2, 0.25) is 0 Å². The van der Waals surface area contributed by atoms with Gasteiger partial charge in [0.1, 0.15) is 5.82 Å². The second-order valence-electron chi connectivity index (χ2n) is 7.25. The SMILES string of the molecule is COCCO[C@]1(C)C(=O)Nc2cc(F)cc(C(=O)Nc3ccc4c(c3)CNC4)c21. The molecule has 0 aliphatic carbocycles. The van der Waals surface area contributed by atoms with Crippen LogP contribution in [-0.4, -0.2) is 32.1 Å². The number of rotatable bonds is 6. The Bertz CT molecular complexity index is 994. The van der Waals surface area contributed by atoms with Gasteiger partial charge < -0.3 is 25.4 Å². The smallest absolute Gasteiger partial charge is 0.261 e. The van der Waals surface area contributed by atoms with Crippen LogP contribution in [0, 0.1) is 5.82 Å². The molecule has 2 aliphatic heterocycles. The largest absolute Gasteiger partial charge is 0.382 e. The molecule has 2 aromatic carbocycles. The minimum Gasteiger partial charge on any atom is -0.382 e. The van der Waals surface area contributed by atoms with Gasteiger partial charge in [-0.05, 0) is 42.3 Å². The molecule has 3 N–H and O–H groups in total. The topological polar surface area (TPSA) is 88.7 Å². The van der Waals surface area contributed by atoms with Crippen molar-refractivity contribution < 1.29 is 23.5 Å². The molecule has 2 heterocycles. The van der Waals surface area contributed by atoms with Crippen LogP contribution in [0.1, 0.15) is 34.0 Å². The number of anilines is 2. The van der Waals surface area contributed by atoms with E-state index in [-0.39, 0.29) is 24.5 Å². The van der Waals surface area contributed by atoms with Gasteiger partial charge in [0, 0.05) is 31.5 Å². The summed E-state index contributed by atoms with van der Waals surface area (Å²) < 4.78 is 24.9. The van der Waals surface area contributed by atoms with Crippen LogP contribution < -0.4 is 16.0 Å². The molecule has 0 aromatic heterocycles. The number of hydrogen-bond acceptors (Lipinski definition) is 5. The number of amides is 2. The molecule has 0 spiro atoms. The fourth-order valence-corrected chi connectivity index (χ4v) is 3.79. The molecule has 2 aromatic rings. The van der Waals surface area contributed by atoms with Crippen LogP contribution in [0.3, 0.4) is 0 Å². The standard InChI is InChI=1S/C21H22FN3O4/c1-21(29-6-5-28-2)18-16(8-14(22)9-17(18)25-20(21)27)19(26)24-15-4-3-12-10-23-11-13(12)7-15/h3-4,7-9,23H,5-6,10-11H2,1-2H3,(H,24,26)(H,25,27)/t21-/m0/s1. The Morgan fingerprint density at radius 3 is 2.79 bits per heavy atom. The number of nitrogens with one attached hydrogen (secondary N) is 3. The third-order valence-corrected chi connectivity index (χ3v) is 5.28. The summed E-state index contributed by atoms with van der Waals surface area (Å²) in [7, 11) is 1.52. The molecule has 4 rings (SSSR count). The highest BCUT2D eigenvalue weighted by Crippen LogP contribution is 2.41. The van der Waals surface area contributed by atoms with Crippen molar-refractivity contribution in [2.75, 3.05) is 31.0 Å². The fraction of sp³-hybridized carbons (Fsp3) is 0.333. The van der Waals surface area contributed by atoms with Gasteiger partial charge in [0.05, 0.1) is 24.5 Å². The van der Waals surface area contributed by atoms with Gasteiger partial charge >= 0.3 is 0 Å². The van der Waals surface area contributed by atoms with E-state index in [0.717, 1.165) is 24.7 Å². The number of carbonyl (C=O) groups excluding carboxylic acids is 2. The van der Waals surface area contributed by atoms with E-state index in [4.69, 9.17) is 9.47 Å². The number of methoxy groups -OCH3 is 1. The highest BCUT2D eigenvalue weighted by molar-refractivity contribution is 6.13. The number of carbonyl (C=O) groups is 2. The second kappa shape index (κ2) is 7.55. The maximum absolute atomic E-state index is 14.2. The molecule has 0 bridgehead atoms. The summed E-state index contributed by atoms with van der Waals surface area (Å²) >= 11 is 0. The first-order chi connectivity index (χ1) is 13.9. The first-order valence-electron chi connectivity index (χ1n) is 9.34. The van der Waals surface area contributed by atoms with Crippen LogP contribution in [0.5, 0.6) is 0 Å². The Morgan fingerprint density at radius 1 is 1.21 bits per heavy atom. The maximum Gasteiger partial charge on any atom is 0.261 e. The zero-order valence-electron chi connectivity index (χ0n) is 16.2. The highest BCUT2D eigenvalue weighted by Gasteiger charge is 2.47. The summed E-state index contributed by atoms with van der Waals surface area (Å²) in [5.74, 6) is -1.58. The Labute approximate surface area is 167 Å². The van der Waals surface area contributed by atoms with Crippen molar-refractivity contribution in [3.63, 3.8) is 0 Å². The molecule has 0 saturated carbocycles. The molecule has 0 radical (unpaired) electrons. The molecule has 2 amide bonds. The minimum absolute atomic E-state index is 0.0527. The molecule has 8 heteroatoms. The summed E-state index contributed by atoms with van der Waals surface area (Å²) in [4.78, 5) is 25.6. The Kier molecular flexibility index (Phi) is 5.08. The lowest BCUT2D eigenvalue weighted by Crippen LogP contribution is -2.36. The third-order valence-electron chi connectivity index (χ3n) is 5.28. The zero-order valence-corrected chi connectivity index (χ0v) is 16.2. The molecule has 0 fully saturated rings. The summed E-state index contributed by atoms with van der Waals surface area (Å²) in [6.07, 6.45) is 0. The van der Waals surface area contributed by atoms with Gasteiger partial charge in [-0.2, -0.15) is 0 Å². The van der Waals surface area contributed by atoms with Crippen molar-refractivity contribution >= 4 is 23.2 Å². The molecule has 7 nitrogen and oxygen atoms in total. The van der Waals surface area contributed by atoms with Crippen molar-refractivity contribution in [3.05, 3.63) is 58.4 Å². The maximum atomic E-state index is 14.2. The average Bonchev–Trinajstić information content (AvgIpc) is 3.24. The monoisotopic (exact) mass is 399 g/mol. The van der Waals surface area contributed by atoms with E-state index in [0.29, 0.717) is 11.3 Å². The van der Waals surface area contributed by atoms with E-state index in [1.165, 1.54) is 18.7 Å². The van der Waals surface area contributed by atoms with Crippen molar-refractivity contribution in [1.29, 1.82) is 0 Å². The second-order valence-corrected chi connectivity index (χ2v) is 7.25. The average molecular weight is 399 g/mol. The van der Waals surface area contributed by atoms with E-state index >= 15 is 0 Å². The Balaban J connectivity index is 1.67. The van der Waals surface area contributed by atoms with E-state index in [1.807, 2.05) is 12.1 Å². The minimum atomic E-state index is -1.42. The Morgan fingerprint density at radius 2 is 2.00 bits per heavy atom. The predicted octanol–water partition coefficient (Wildman–Crippen LogP) is 2.51. The predicted molar refractivity (Wildman–Crippen MR) is 105 cm³/mol. The summed E-state index contributed by atoms with van der Waals surface area (Å²) in [6, 6.07) is 7.96. The van der Waals surface area contributed by atoms with Gasteiger partial charge in [-0.25, -0.2) is 4.39 Å². The normalized spacial score (nSPS) is 19.6. The lowest BCUT2D eigenvalue weighted by molar-refractivity contribution is -0.140. The van der Waals surface area contributed by atoms with Gasteiger partial charge in [0.25, 0.3) is 11.8 Å². The van der Waals surface area contributed by atoms with Crippen LogP contribution in [0.4, 0.5) is 15.8 Å². The first-order valence-corrected chi connectivity index (χ1v) is 9.34. The Hall–Kier alpha value is -2.81. The lowest BCUT2D eigenvalue weighted by Gasteiger charge is -2.24. The third kappa shape index (κ3) is 3.50. The van der Waals surface area contributed by atoms with Gasteiger partial charge in [-0.1, -0.05) is 6.07 Å². The van der Waals surface area contributed by atoms with Gasteiger partial charge in [0.15, 0.2) is 5.60 Å². The van der Waals surface area contributed by atoms with Crippen molar-refractivity contribution in [3.8, 4) is 0 Å². The molecule has 2 aliphatic rings. The molecule has 0 unspecified atom stereocenters. The number of hydrogen-bond donors (Lipinski definition) is 3. The number of ether oxygens (including phenoxy) is 2. The number of halogens is 1. The van der Waals surface area contributed by atoms with E-state index < -0.39 is 23.2 Å². The van der Waals surface area contributed by atoms with Crippen molar-refractivity contribution in [1.82, 2.24) is 5.32 Å². The van der Waals surface area contributed by atoms with Crippen LogP contribution in [-0.2, 0) is 33.0 Å². The van der Waals surface area contributed by atoms with E-state index in [1.54, 1.807) is 13.0 Å². The van der Waals surface area contributed by atoms with Crippen LogP contribution in [0.2, 0.25) is 0 Å². The molecular formula is C21H22FN3O4. The molecular weight excluding hydrogens is 377 g/mol. The van der Waals surface area contributed by atoms with Gasteiger partial charge in [-0.3, -0.25) is 9.59 Å². The van der Waals surface area contributed by atoms with E-state index in [9.17, 15) is 14.0 Å². The summed E-state index contributed by atoms with van der Waals surface area (Å²) in [5.41, 5.74) is 2.08. The van der Waals surface area contributed by atoms with Crippen LogP contribution in [0.25, 0.3) is 0 Å². The first kappa shape index (κ1) is 19.5. The molecule has 1 atom stereocenters. The summed E-state index contributed by atoms with van der Waals surface area (Å²) in [6.45, 7) is 3.53. The van der Waals surface area contributed by atoms with Crippen molar-refractivity contribution in [2.45, 2.75) is 25.6 Å². The zero-order chi connectivity index (χ0) is 20.6. The van der Waals surface area contributed by atoms with Crippen LogP contribution in [0.15, 0.2) is 30.3 Å².